The lowest BCUT2D eigenvalue weighted by molar-refractivity contribution is 0.593. The minimum absolute atomic E-state index is 0.0956. The quantitative estimate of drug-likeness (QED) is 0.760. The van der Waals surface area contributed by atoms with Gasteiger partial charge in [-0.05, 0) is 18.4 Å². The van der Waals surface area contributed by atoms with Crippen molar-refractivity contribution in [2.45, 2.75) is 45.3 Å². The fraction of sp³-hybridized carbons (Fsp3) is 0.615. The third-order valence-corrected chi connectivity index (χ3v) is 2.97. The molecule has 0 spiro atoms. The van der Waals surface area contributed by atoms with Gasteiger partial charge in [0.1, 0.15) is 0 Å². The lowest BCUT2D eigenvalue weighted by Gasteiger charge is -2.10. The molecule has 0 unspecified atom stereocenters. The number of imidazole rings is 1. The zero-order chi connectivity index (χ0) is 12.4. The van der Waals surface area contributed by atoms with Crippen LogP contribution in [0.3, 0.4) is 0 Å². The summed E-state index contributed by atoms with van der Waals surface area (Å²) < 4.78 is 3.58. The molecule has 0 amide bonds. The molecule has 0 aliphatic heterocycles. The van der Waals surface area contributed by atoms with E-state index in [1.165, 1.54) is 0 Å². The fourth-order valence-corrected chi connectivity index (χ4v) is 1.82. The van der Waals surface area contributed by atoms with Gasteiger partial charge >= 0.3 is 5.69 Å². The van der Waals surface area contributed by atoms with Crippen LogP contribution in [0.25, 0.3) is 0 Å². The van der Waals surface area contributed by atoms with Crippen LogP contribution in [0.2, 0.25) is 0 Å². The highest BCUT2D eigenvalue weighted by atomic mass is 16.1. The summed E-state index contributed by atoms with van der Waals surface area (Å²) in [6.07, 6.45) is 6.03. The van der Waals surface area contributed by atoms with Crippen molar-refractivity contribution >= 4 is 0 Å². The average molecular weight is 235 g/mol. The molecule has 1 aromatic heterocycles. The van der Waals surface area contributed by atoms with Crippen LogP contribution in [0.15, 0.2) is 29.3 Å². The van der Waals surface area contributed by atoms with Crippen molar-refractivity contribution in [3.8, 4) is 0 Å². The SMILES string of the molecule is C=C(CNC(C)C)Cn1ccn(C2CC2)c1=O. The average Bonchev–Trinajstić information content (AvgIpc) is 3.04. The Hall–Kier alpha value is -1.29. The fourth-order valence-electron chi connectivity index (χ4n) is 1.82. The van der Waals surface area contributed by atoms with Gasteiger partial charge in [0.25, 0.3) is 0 Å². The van der Waals surface area contributed by atoms with E-state index in [1.807, 2.05) is 17.0 Å². The van der Waals surface area contributed by atoms with Crippen molar-refractivity contribution in [2.75, 3.05) is 6.54 Å². The van der Waals surface area contributed by atoms with Crippen LogP contribution in [0.5, 0.6) is 0 Å². The number of hydrogen-bond donors (Lipinski definition) is 1. The maximum atomic E-state index is 12.0. The molecular formula is C13H21N3O. The van der Waals surface area contributed by atoms with Gasteiger partial charge in [0.2, 0.25) is 0 Å². The summed E-state index contributed by atoms with van der Waals surface area (Å²) in [6, 6.07) is 0.894. The third-order valence-electron chi connectivity index (χ3n) is 2.97. The lowest BCUT2D eigenvalue weighted by atomic mass is 10.3. The summed E-state index contributed by atoms with van der Waals surface area (Å²) in [4.78, 5) is 12.0. The van der Waals surface area contributed by atoms with Gasteiger partial charge in [-0.1, -0.05) is 20.4 Å². The minimum Gasteiger partial charge on any atom is -0.311 e. The summed E-state index contributed by atoms with van der Waals surface area (Å²) >= 11 is 0. The predicted octanol–water partition coefficient (Wildman–Crippen LogP) is 1.54. The maximum Gasteiger partial charge on any atom is 0.328 e. The molecule has 1 N–H and O–H groups in total. The molecule has 1 aliphatic rings. The first kappa shape index (κ1) is 12.2. The Labute approximate surface area is 102 Å². The molecule has 1 aliphatic carbocycles. The molecule has 1 heterocycles. The molecule has 17 heavy (non-hydrogen) atoms. The van der Waals surface area contributed by atoms with Crippen LogP contribution in [0.4, 0.5) is 0 Å². The largest absolute Gasteiger partial charge is 0.328 e. The first-order valence-electron chi connectivity index (χ1n) is 6.25. The first-order valence-corrected chi connectivity index (χ1v) is 6.25. The molecule has 0 saturated heterocycles. The molecule has 0 aromatic carbocycles. The summed E-state index contributed by atoms with van der Waals surface area (Å²) in [5, 5.41) is 3.31. The molecule has 0 radical (unpaired) electrons. The summed E-state index contributed by atoms with van der Waals surface area (Å²) in [6.45, 7) is 9.57. The van der Waals surface area contributed by atoms with Crippen LogP contribution in [-0.2, 0) is 6.54 Å². The molecule has 2 rings (SSSR count). The Bertz CT molecular complexity index is 451. The highest BCUT2D eigenvalue weighted by Crippen LogP contribution is 2.33. The van der Waals surface area contributed by atoms with E-state index in [9.17, 15) is 4.79 Å². The van der Waals surface area contributed by atoms with Gasteiger partial charge in [0.15, 0.2) is 0 Å². The zero-order valence-electron chi connectivity index (χ0n) is 10.6. The Morgan fingerprint density at radius 3 is 2.82 bits per heavy atom. The van der Waals surface area contributed by atoms with Crippen molar-refractivity contribution in [3.63, 3.8) is 0 Å². The molecule has 1 fully saturated rings. The third kappa shape index (κ3) is 3.09. The molecule has 0 atom stereocenters. The molecule has 4 nitrogen and oxygen atoms in total. The van der Waals surface area contributed by atoms with E-state index in [-0.39, 0.29) is 5.69 Å². The van der Waals surface area contributed by atoms with Crippen molar-refractivity contribution < 1.29 is 0 Å². The van der Waals surface area contributed by atoms with Gasteiger partial charge in [-0.2, -0.15) is 0 Å². The lowest BCUT2D eigenvalue weighted by Crippen LogP contribution is -2.28. The van der Waals surface area contributed by atoms with Crippen molar-refractivity contribution in [2.24, 2.45) is 0 Å². The van der Waals surface area contributed by atoms with E-state index in [1.54, 1.807) is 4.57 Å². The number of nitrogens with one attached hydrogen (secondary N) is 1. The van der Waals surface area contributed by atoms with Gasteiger partial charge in [-0.15, -0.1) is 0 Å². The van der Waals surface area contributed by atoms with Gasteiger partial charge in [0.05, 0.1) is 0 Å². The van der Waals surface area contributed by atoms with Crippen molar-refractivity contribution in [1.82, 2.24) is 14.5 Å². The van der Waals surface area contributed by atoms with E-state index in [4.69, 9.17) is 0 Å². The van der Waals surface area contributed by atoms with Crippen LogP contribution in [-0.4, -0.2) is 21.7 Å². The molecular weight excluding hydrogens is 214 g/mol. The van der Waals surface area contributed by atoms with E-state index in [0.717, 1.165) is 25.0 Å². The van der Waals surface area contributed by atoms with E-state index in [0.29, 0.717) is 18.6 Å². The summed E-state index contributed by atoms with van der Waals surface area (Å²) in [5.41, 5.74) is 1.13. The Morgan fingerprint density at radius 1 is 1.53 bits per heavy atom. The number of hydrogen-bond acceptors (Lipinski definition) is 2. The first-order chi connectivity index (χ1) is 8.08. The highest BCUT2D eigenvalue weighted by Gasteiger charge is 2.25. The number of nitrogens with zero attached hydrogens (tertiary/aromatic N) is 2. The van der Waals surface area contributed by atoms with Crippen LogP contribution in [0.1, 0.15) is 32.7 Å². The molecule has 94 valence electrons. The Morgan fingerprint density at radius 2 is 2.24 bits per heavy atom. The summed E-state index contributed by atoms with van der Waals surface area (Å²) in [7, 11) is 0. The number of rotatable bonds is 6. The Balaban J connectivity index is 1.94. The predicted molar refractivity (Wildman–Crippen MR) is 69.2 cm³/mol. The topological polar surface area (TPSA) is 39.0 Å². The van der Waals surface area contributed by atoms with E-state index < -0.39 is 0 Å². The highest BCUT2D eigenvalue weighted by molar-refractivity contribution is 5.00. The minimum atomic E-state index is 0.0956. The van der Waals surface area contributed by atoms with Gasteiger partial charge in [-0.3, -0.25) is 9.13 Å². The zero-order valence-corrected chi connectivity index (χ0v) is 10.6. The van der Waals surface area contributed by atoms with Gasteiger partial charge < -0.3 is 5.32 Å². The van der Waals surface area contributed by atoms with Gasteiger partial charge in [-0.25, -0.2) is 4.79 Å². The maximum absolute atomic E-state index is 12.0. The molecule has 4 heteroatoms. The normalized spacial score (nSPS) is 15.5. The summed E-state index contributed by atoms with van der Waals surface area (Å²) in [5.74, 6) is 0. The van der Waals surface area contributed by atoms with Crippen LogP contribution < -0.4 is 11.0 Å². The second-order valence-electron chi connectivity index (χ2n) is 5.13. The van der Waals surface area contributed by atoms with Crippen LogP contribution in [0, 0.1) is 0 Å². The van der Waals surface area contributed by atoms with E-state index in [2.05, 4.69) is 25.7 Å². The molecule has 1 aromatic rings. The van der Waals surface area contributed by atoms with E-state index >= 15 is 0 Å². The monoisotopic (exact) mass is 235 g/mol. The second-order valence-corrected chi connectivity index (χ2v) is 5.13. The van der Waals surface area contributed by atoms with Crippen LogP contribution >= 0.6 is 0 Å². The Kier molecular flexibility index (Phi) is 3.52. The standard InChI is InChI=1S/C13H21N3O/c1-10(2)14-8-11(3)9-15-6-7-16(13(15)17)12-4-5-12/h6-7,10,12,14H,3-5,8-9H2,1-2H3. The molecule has 1 saturated carbocycles. The van der Waals surface area contributed by atoms with Gasteiger partial charge in [0, 0.05) is 37.6 Å². The smallest absolute Gasteiger partial charge is 0.311 e. The second kappa shape index (κ2) is 4.92. The molecule has 0 bridgehead atoms. The number of aromatic nitrogens is 2. The van der Waals surface area contributed by atoms with Crippen molar-refractivity contribution in [3.05, 3.63) is 35.0 Å². The van der Waals surface area contributed by atoms with Crippen molar-refractivity contribution in [1.29, 1.82) is 0 Å².